The number of halogens is 1. The zero-order chi connectivity index (χ0) is 15.6. The minimum absolute atomic E-state index is 0.273. The van der Waals surface area contributed by atoms with E-state index in [1.54, 1.807) is 36.0 Å². The van der Waals surface area contributed by atoms with Crippen LogP contribution in [0.15, 0.2) is 35.7 Å². The molecular weight excluding hydrogens is 311 g/mol. The maximum atomic E-state index is 13.2. The van der Waals surface area contributed by atoms with Gasteiger partial charge in [0, 0.05) is 4.88 Å². The standard InChI is InChI=1S/C17H15FN4S/c18-12-5-3-4-11(8-12)9-21-22-16-15-13-6-1-2-7-14(13)23-17(15)20-10-19-16/h3-5,8-10H,1-2,6-7H2,(H,19,20,22)/b21-9-. The fraction of sp³-hybridized carbons (Fsp3) is 0.235. The molecule has 0 bridgehead atoms. The van der Waals surface area contributed by atoms with Crippen LogP contribution < -0.4 is 5.43 Å². The summed E-state index contributed by atoms with van der Waals surface area (Å²) < 4.78 is 13.2. The lowest BCUT2D eigenvalue weighted by Crippen LogP contribution is -2.01. The first-order valence-corrected chi connectivity index (χ1v) is 8.43. The molecule has 1 N–H and O–H groups in total. The number of hydrazone groups is 1. The highest BCUT2D eigenvalue weighted by Crippen LogP contribution is 2.38. The molecule has 0 amide bonds. The van der Waals surface area contributed by atoms with Gasteiger partial charge in [0.05, 0.1) is 11.6 Å². The molecule has 3 aromatic rings. The van der Waals surface area contributed by atoms with Crippen LogP contribution in [-0.4, -0.2) is 16.2 Å². The Morgan fingerprint density at radius 2 is 2.13 bits per heavy atom. The molecule has 1 aliphatic rings. The molecule has 0 aliphatic heterocycles. The van der Waals surface area contributed by atoms with E-state index in [0.29, 0.717) is 5.56 Å². The van der Waals surface area contributed by atoms with Crippen LogP contribution in [-0.2, 0) is 12.8 Å². The molecule has 0 spiro atoms. The molecule has 6 heteroatoms. The van der Waals surface area contributed by atoms with Gasteiger partial charge in [0.1, 0.15) is 17.0 Å². The summed E-state index contributed by atoms with van der Waals surface area (Å²) in [6.45, 7) is 0. The fourth-order valence-electron chi connectivity index (χ4n) is 2.93. The Balaban J connectivity index is 1.65. The lowest BCUT2D eigenvalue weighted by Gasteiger charge is -2.11. The summed E-state index contributed by atoms with van der Waals surface area (Å²) in [5, 5.41) is 5.29. The van der Waals surface area contributed by atoms with Crippen LogP contribution in [0.5, 0.6) is 0 Å². The number of anilines is 1. The lowest BCUT2D eigenvalue weighted by molar-refractivity contribution is 0.627. The first-order chi connectivity index (χ1) is 11.3. The van der Waals surface area contributed by atoms with Gasteiger partial charge in [-0.3, -0.25) is 5.43 Å². The van der Waals surface area contributed by atoms with Gasteiger partial charge < -0.3 is 0 Å². The third-order valence-electron chi connectivity index (χ3n) is 3.98. The van der Waals surface area contributed by atoms with E-state index in [-0.39, 0.29) is 5.82 Å². The average Bonchev–Trinajstić information content (AvgIpc) is 2.94. The monoisotopic (exact) mass is 326 g/mol. The maximum Gasteiger partial charge on any atom is 0.158 e. The average molecular weight is 326 g/mol. The smallest absolute Gasteiger partial charge is 0.158 e. The molecule has 2 heterocycles. The SMILES string of the molecule is Fc1cccc(/C=N\Nc2ncnc3sc4c(c23)CCCC4)c1. The Kier molecular flexibility index (Phi) is 3.75. The molecule has 0 radical (unpaired) electrons. The molecule has 4 nitrogen and oxygen atoms in total. The van der Waals surface area contributed by atoms with Crippen LogP contribution >= 0.6 is 11.3 Å². The molecule has 0 unspecified atom stereocenters. The Labute approximate surface area is 137 Å². The second-order valence-electron chi connectivity index (χ2n) is 5.54. The van der Waals surface area contributed by atoms with Crippen molar-refractivity contribution < 1.29 is 4.39 Å². The summed E-state index contributed by atoms with van der Waals surface area (Å²) in [6.07, 6.45) is 7.81. The largest absolute Gasteiger partial charge is 0.261 e. The molecule has 1 aliphatic carbocycles. The van der Waals surface area contributed by atoms with Crippen molar-refractivity contribution in [3.63, 3.8) is 0 Å². The summed E-state index contributed by atoms with van der Waals surface area (Å²) in [6, 6.07) is 6.31. The zero-order valence-corrected chi connectivity index (χ0v) is 13.2. The van der Waals surface area contributed by atoms with Crippen LogP contribution in [0.2, 0.25) is 0 Å². The number of nitrogens with zero attached hydrogens (tertiary/aromatic N) is 3. The van der Waals surface area contributed by atoms with Gasteiger partial charge in [0.2, 0.25) is 0 Å². The molecule has 1 aromatic carbocycles. The first kappa shape index (κ1) is 14.3. The Hall–Kier alpha value is -2.34. The van der Waals surface area contributed by atoms with Crippen molar-refractivity contribution in [1.82, 2.24) is 9.97 Å². The Morgan fingerprint density at radius 3 is 3.04 bits per heavy atom. The van der Waals surface area contributed by atoms with Crippen LogP contribution in [0, 0.1) is 5.82 Å². The van der Waals surface area contributed by atoms with Crippen molar-refractivity contribution >= 4 is 33.6 Å². The van der Waals surface area contributed by atoms with Crippen molar-refractivity contribution in [3.05, 3.63) is 52.4 Å². The van der Waals surface area contributed by atoms with Gasteiger partial charge in [-0.05, 0) is 48.9 Å². The maximum absolute atomic E-state index is 13.2. The van der Waals surface area contributed by atoms with Crippen LogP contribution in [0.25, 0.3) is 10.2 Å². The Bertz CT molecular complexity index is 887. The van der Waals surface area contributed by atoms with Crippen LogP contribution in [0.1, 0.15) is 28.8 Å². The number of hydrogen-bond donors (Lipinski definition) is 1. The summed E-state index contributed by atoms with van der Waals surface area (Å²) in [5.74, 6) is 0.451. The van der Waals surface area contributed by atoms with Crippen molar-refractivity contribution in [3.8, 4) is 0 Å². The van der Waals surface area contributed by atoms with Crippen molar-refractivity contribution in [2.24, 2.45) is 5.10 Å². The zero-order valence-electron chi connectivity index (χ0n) is 12.4. The molecule has 0 saturated heterocycles. The Morgan fingerprint density at radius 1 is 1.22 bits per heavy atom. The predicted molar refractivity (Wildman–Crippen MR) is 91.7 cm³/mol. The molecule has 23 heavy (non-hydrogen) atoms. The number of rotatable bonds is 3. The summed E-state index contributed by atoms with van der Waals surface area (Å²) >= 11 is 1.75. The van der Waals surface area contributed by atoms with E-state index < -0.39 is 0 Å². The van der Waals surface area contributed by atoms with Gasteiger partial charge in [-0.15, -0.1) is 11.3 Å². The summed E-state index contributed by atoms with van der Waals surface area (Å²) in [7, 11) is 0. The van der Waals surface area contributed by atoms with Gasteiger partial charge in [-0.1, -0.05) is 12.1 Å². The second-order valence-corrected chi connectivity index (χ2v) is 6.62. The van der Waals surface area contributed by atoms with Gasteiger partial charge >= 0.3 is 0 Å². The van der Waals surface area contributed by atoms with Gasteiger partial charge in [-0.2, -0.15) is 5.10 Å². The topological polar surface area (TPSA) is 50.2 Å². The van der Waals surface area contributed by atoms with E-state index in [4.69, 9.17) is 0 Å². The van der Waals surface area contributed by atoms with Gasteiger partial charge in [-0.25, -0.2) is 14.4 Å². The molecule has 116 valence electrons. The quantitative estimate of drug-likeness (QED) is 0.581. The van der Waals surface area contributed by atoms with Gasteiger partial charge in [0.25, 0.3) is 0 Å². The van der Waals surface area contributed by atoms with Crippen LogP contribution in [0.4, 0.5) is 10.2 Å². The third kappa shape index (κ3) is 2.82. The number of thiophene rings is 1. The van der Waals surface area contributed by atoms with E-state index >= 15 is 0 Å². The van der Waals surface area contributed by atoms with Crippen molar-refractivity contribution in [2.45, 2.75) is 25.7 Å². The number of fused-ring (bicyclic) bond motifs is 3. The normalized spacial score (nSPS) is 14.3. The predicted octanol–water partition coefficient (Wildman–Crippen LogP) is 4.16. The van der Waals surface area contributed by atoms with Crippen LogP contribution in [0.3, 0.4) is 0 Å². The minimum Gasteiger partial charge on any atom is -0.261 e. The first-order valence-electron chi connectivity index (χ1n) is 7.61. The lowest BCUT2D eigenvalue weighted by atomic mass is 9.97. The molecule has 0 saturated carbocycles. The third-order valence-corrected chi connectivity index (χ3v) is 5.18. The number of hydrogen-bond acceptors (Lipinski definition) is 5. The van der Waals surface area contributed by atoms with E-state index in [0.717, 1.165) is 28.9 Å². The minimum atomic E-state index is -0.273. The highest BCUT2D eigenvalue weighted by molar-refractivity contribution is 7.19. The molecule has 0 fully saturated rings. The van der Waals surface area contributed by atoms with Crippen molar-refractivity contribution in [1.29, 1.82) is 0 Å². The molecule has 4 rings (SSSR count). The number of benzene rings is 1. The number of aromatic nitrogens is 2. The van der Waals surface area contributed by atoms with E-state index in [1.807, 2.05) is 0 Å². The fourth-order valence-corrected chi connectivity index (χ4v) is 4.16. The van der Waals surface area contributed by atoms with E-state index in [2.05, 4.69) is 20.5 Å². The molecule has 0 atom stereocenters. The van der Waals surface area contributed by atoms with Gasteiger partial charge in [0.15, 0.2) is 5.82 Å². The summed E-state index contributed by atoms with van der Waals surface area (Å²) in [4.78, 5) is 11.2. The highest BCUT2D eigenvalue weighted by Gasteiger charge is 2.19. The van der Waals surface area contributed by atoms with E-state index in [1.165, 1.54) is 35.4 Å². The summed E-state index contributed by atoms with van der Waals surface area (Å²) in [5.41, 5.74) is 5.06. The second kappa shape index (κ2) is 6.04. The highest BCUT2D eigenvalue weighted by atomic mass is 32.1. The number of aryl methyl sites for hydroxylation is 2. The van der Waals surface area contributed by atoms with E-state index in [9.17, 15) is 4.39 Å². The van der Waals surface area contributed by atoms with Crippen molar-refractivity contribution in [2.75, 3.05) is 5.43 Å². The number of nitrogens with one attached hydrogen (secondary N) is 1. The molecule has 2 aromatic heterocycles. The molecular formula is C17H15FN4S.